The van der Waals surface area contributed by atoms with E-state index in [1.807, 2.05) is 30.5 Å². The summed E-state index contributed by atoms with van der Waals surface area (Å²) >= 11 is 0. The number of esters is 1. The molecule has 9 heteroatoms. The van der Waals surface area contributed by atoms with E-state index in [0.29, 0.717) is 39.1 Å². The zero-order valence-corrected chi connectivity index (χ0v) is 22.1. The number of hydrogen-bond acceptors (Lipinski definition) is 6. The van der Waals surface area contributed by atoms with Crippen LogP contribution in [0.25, 0.3) is 21.8 Å². The average molecular weight is 524 g/mol. The Balaban J connectivity index is 1.64. The molecule has 0 aliphatic heterocycles. The molecule has 0 atom stereocenters. The highest BCUT2D eigenvalue weighted by Gasteiger charge is 2.26. The highest BCUT2D eigenvalue weighted by Crippen LogP contribution is 2.33. The number of methoxy groups -OCH3 is 1. The standard InChI is InChI=1S/C30H29N5O4/c1-30(2,31)29(38)35(3)21-9-7-20(8-10-21)33-26(18-6-12-23-17(15-18)13-14-32-23)25-22-11-5-19(28(37)39-4)16-24(22)34-27(25)36/h5-16,32,34,36H,31H2,1-4H3. The predicted molar refractivity (Wildman–Crippen MR) is 153 cm³/mol. The molecule has 2 heterocycles. The monoisotopic (exact) mass is 523 g/mol. The molecule has 0 unspecified atom stereocenters. The quantitative estimate of drug-likeness (QED) is 0.183. The summed E-state index contributed by atoms with van der Waals surface area (Å²) in [6, 6.07) is 20.1. The number of aromatic nitrogens is 2. The van der Waals surface area contributed by atoms with Crippen molar-refractivity contribution in [1.82, 2.24) is 9.97 Å². The molecule has 5 aromatic rings. The van der Waals surface area contributed by atoms with E-state index in [1.54, 1.807) is 63.4 Å². The van der Waals surface area contributed by atoms with Crippen LogP contribution >= 0.6 is 0 Å². The molecular formula is C30H29N5O4. The molecule has 5 rings (SSSR count). The molecule has 2 aromatic heterocycles. The second-order valence-electron chi connectivity index (χ2n) is 9.94. The van der Waals surface area contributed by atoms with Crippen molar-refractivity contribution in [2.75, 3.05) is 19.1 Å². The summed E-state index contributed by atoms with van der Waals surface area (Å²) in [6.45, 7) is 3.33. The average Bonchev–Trinajstić information content (AvgIpc) is 3.52. The van der Waals surface area contributed by atoms with Crippen LogP contribution in [0.4, 0.5) is 11.4 Å². The molecule has 1 amide bonds. The first kappa shape index (κ1) is 25.7. The fourth-order valence-electron chi connectivity index (χ4n) is 4.56. The van der Waals surface area contributed by atoms with Gasteiger partial charge in [0.2, 0.25) is 5.91 Å². The third kappa shape index (κ3) is 4.87. The minimum atomic E-state index is -1.00. The Labute approximate surface area is 224 Å². The number of carbonyl (C=O) groups is 2. The van der Waals surface area contributed by atoms with Gasteiger partial charge >= 0.3 is 5.97 Å². The highest BCUT2D eigenvalue weighted by atomic mass is 16.5. The van der Waals surface area contributed by atoms with Crippen LogP contribution in [0.5, 0.6) is 5.88 Å². The van der Waals surface area contributed by atoms with Gasteiger partial charge in [-0.05, 0) is 68.4 Å². The van der Waals surface area contributed by atoms with Gasteiger partial charge in [-0.1, -0.05) is 12.1 Å². The van der Waals surface area contributed by atoms with Crippen molar-refractivity contribution in [1.29, 1.82) is 0 Å². The van der Waals surface area contributed by atoms with Crippen molar-refractivity contribution in [2.45, 2.75) is 19.4 Å². The van der Waals surface area contributed by atoms with Crippen LogP contribution in [0, 0.1) is 0 Å². The van der Waals surface area contributed by atoms with Crippen LogP contribution < -0.4 is 10.6 Å². The van der Waals surface area contributed by atoms with E-state index in [4.69, 9.17) is 15.5 Å². The molecular weight excluding hydrogens is 494 g/mol. The molecule has 0 aliphatic carbocycles. The third-order valence-corrected chi connectivity index (χ3v) is 6.60. The van der Waals surface area contributed by atoms with Crippen molar-refractivity contribution in [3.05, 3.63) is 89.6 Å². The predicted octanol–water partition coefficient (Wildman–Crippen LogP) is 5.01. The molecule has 9 nitrogen and oxygen atoms in total. The molecule has 3 aromatic carbocycles. The van der Waals surface area contributed by atoms with E-state index < -0.39 is 11.5 Å². The maximum Gasteiger partial charge on any atom is 0.337 e. The molecule has 0 radical (unpaired) electrons. The van der Waals surface area contributed by atoms with Crippen LogP contribution in [0.15, 0.2) is 77.9 Å². The molecule has 39 heavy (non-hydrogen) atoms. The highest BCUT2D eigenvalue weighted by molar-refractivity contribution is 6.22. The van der Waals surface area contributed by atoms with Crippen molar-refractivity contribution >= 4 is 50.8 Å². The van der Waals surface area contributed by atoms with Crippen LogP contribution in [-0.2, 0) is 9.53 Å². The molecule has 198 valence electrons. The molecule has 0 saturated carbocycles. The Morgan fingerprint density at radius 3 is 2.38 bits per heavy atom. The van der Waals surface area contributed by atoms with E-state index in [9.17, 15) is 14.7 Å². The van der Waals surface area contributed by atoms with Gasteiger partial charge in [-0.15, -0.1) is 0 Å². The second-order valence-corrected chi connectivity index (χ2v) is 9.94. The number of carbonyl (C=O) groups excluding carboxylic acids is 2. The number of anilines is 1. The number of aromatic hydroxyl groups is 1. The van der Waals surface area contributed by atoms with Gasteiger partial charge in [0.25, 0.3) is 0 Å². The van der Waals surface area contributed by atoms with Crippen molar-refractivity contribution < 1.29 is 19.4 Å². The van der Waals surface area contributed by atoms with E-state index in [0.717, 1.165) is 16.5 Å². The number of likely N-dealkylation sites (N-methyl/N-ethyl adjacent to an activating group) is 1. The summed E-state index contributed by atoms with van der Waals surface area (Å²) in [7, 11) is 3.00. The molecule has 0 saturated heterocycles. The number of nitrogens with two attached hydrogens (primary N) is 1. The molecule has 0 spiro atoms. The first-order chi connectivity index (χ1) is 18.6. The number of aliphatic imine (C=N–C) groups is 1. The summed E-state index contributed by atoms with van der Waals surface area (Å²) in [5, 5.41) is 12.7. The van der Waals surface area contributed by atoms with Crippen molar-refractivity contribution in [2.24, 2.45) is 10.7 Å². The van der Waals surface area contributed by atoms with Crippen LogP contribution in [0.1, 0.15) is 35.3 Å². The van der Waals surface area contributed by atoms with Crippen LogP contribution in [-0.4, -0.2) is 52.4 Å². The maximum atomic E-state index is 12.6. The number of hydrogen-bond donors (Lipinski definition) is 4. The Kier molecular flexibility index (Phi) is 6.45. The summed E-state index contributed by atoms with van der Waals surface area (Å²) in [5.74, 6) is -0.762. The number of benzene rings is 3. The SMILES string of the molecule is COC(=O)c1ccc2c(C(=Nc3ccc(N(C)C(=O)C(C)(C)N)cc3)c3ccc4[nH]ccc4c3)c(O)[nH]c2c1. The smallest absolute Gasteiger partial charge is 0.337 e. The zero-order chi connectivity index (χ0) is 27.9. The van der Waals surface area contributed by atoms with E-state index in [2.05, 4.69) is 9.97 Å². The first-order valence-corrected chi connectivity index (χ1v) is 12.3. The normalized spacial score (nSPS) is 12.2. The van der Waals surface area contributed by atoms with Crippen LogP contribution in [0.2, 0.25) is 0 Å². The molecule has 5 N–H and O–H groups in total. The number of rotatable bonds is 6. The van der Waals surface area contributed by atoms with E-state index in [-0.39, 0.29) is 11.8 Å². The summed E-state index contributed by atoms with van der Waals surface area (Å²) < 4.78 is 4.84. The fraction of sp³-hybridized carbons (Fsp3) is 0.167. The summed E-state index contributed by atoms with van der Waals surface area (Å²) in [5.41, 5.74) is 10.0. The summed E-state index contributed by atoms with van der Waals surface area (Å²) in [4.78, 5) is 37.3. The van der Waals surface area contributed by atoms with Gasteiger partial charge in [0.15, 0.2) is 5.88 Å². The third-order valence-electron chi connectivity index (χ3n) is 6.60. The maximum absolute atomic E-state index is 12.6. The Bertz CT molecular complexity index is 1740. The van der Waals surface area contributed by atoms with Crippen molar-refractivity contribution in [3.8, 4) is 5.88 Å². The fourth-order valence-corrected chi connectivity index (χ4v) is 4.56. The lowest BCUT2D eigenvalue weighted by atomic mass is 9.99. The largest absolute Gasteiger partial charge is 0.494 e. The van der Waals surface area contributed by atoms with E-state index in [1.165, 1.54) is 12.0 Å². The first-order valence-electron chi connectivity index (χ1n) is 12.3. The number of nitrogens with one attached hydrogen (secondary N) is 2. The minimum absolute atomic E-state index is 0.0768. The number of amides is 1. The van der Waals surface area contributed by atoms with Gasteiger partial charge in [0, 0.05) is 46.3 Å². The number of ether oxygens (including phenoxy) is 1. The lowest BCUT2D eigenvalue weighted by Gasteiger charge is -2.25. The summed E-state index contributed by atoms with van der Waals surface area (Å²) in [6.07, 6.45) is 1.86. The van der Waals surface area contributed by atoms with Gasteiger partial charge in [-0.3, -0.25) is 4.79 Å². The number of nitrogens with zero attached hydrogens (tertiary/aromatic N) is 2. The van der Waals surface area contributed by atoms with Gasteiger partial charge in [0.1, 0.15) is 0 Å². The minimum Gasteiger partial charge on any atom is -0.494 e. The van der Waals surface area contributed by atoms with Gasteiger partial charge in [-0.2, -0.15) is 0 Å². The number of aromatic amines is 2. The number of H-pyrrole nitrogens is 2. The van der Waals surface area contributed by atoms with Crippen LogP contribution in [0.3, 0.4) is 0 Å². The zero-order valence-electron chi connectivity index (χ0n) is 22.1. The van der Waals surface area contributed by atoms with Crippen molar-refractivity contribution in [3.63, 3.8) is 0 Å². The lowest BCUT2D eigenvalue weighted by molar-refractivity contribution is -0.122. The van der Waals surface area contributed by atoms with Gasteiger partial charge in [0.05, 0.1) is 35.2 Å². The molecule has 0 bridgehead atoms. The Hall–Kier alpha value is -4.89. The second kappa shape index (κ2) is 9.77. The Morgan fingerprint density at radius 1 is 0.974 bits per heavy atom. The topological polar surface area (TPSA) is 137 Å². The molecule has 0 aliphatic rings. The van der Waals surface area contributed by atoms with Gasteiger partial charge < -0.3 is 30.4 Å². The van der Waals surface area contributed by atoms with E-state index >= 15 is 0 Å². The Morgan fingerprint density at radius 2 is 1.69 bits per heavy atom. The lowest BCUT2D eigenvalue weighted by Crippen LogP contribution is -2.49. The molecule has 0 fully saturated rings. The number of fused-ring (bicyclic) bond motifs is 2. The van der Waals surface area contributed by atoms with Gasteiger partial charge in [-0.25, -0.2) is 9.79 Å².